The highest BCUT2D eigenvalue weighted by Crippen LogP contribution is 2.31. The van der Waals surface area contributed by atoms with Crippen molar-refractivity contribution in [3.63, 3.8) is 0 Å². The number of anilines is 2. The molecule has 0 heterocycles. The van der Waals surface area contributed by atoms with E-state index in [4.69, 9.17) is 10.3 Å². The molecule has 0 atom stereocenters. The van der Waals surface area contributed by atoms with Crippen molar-refractivity contribution in [2.75, 3.05) is 11.1 Å². The number of phenols is 1. The summed E-state index contributed by atoms with van der Waals surface area (Å²) >= 11 is 0. The number of benzene rings is 1. The third-order valence-electron chi connectivity index (χ3n) is 1.72. The highest BCUT2D eigenvalue weighted by Gasteiger charge is 2.18. The molecular formula is C8H10N2O5S. The van der Waals surface area contributed by atoms with E-state index >= 15 is 0 Å². The number of carbonyl (C=O) groups is 1. The zero-order chi connectivity index (χ0) is 12.5. The number of hydrogen-bond donors (Lipinski definition) is 4. The first-order valence-corrected chi connectivity index (χ1v) is 5.53. The average molecular weight is 246 g/mol. The molecule has 0 aromatic heterocycles. The number of hydrogen-bond acceptors (Lipinski definition) is 5. The van der Waals surface area contributed by atoms with Crippen LogP contribution in [0.25, 0.3) is 0 Å². The van der Waals surface area contributed by atoms with Gasteiger partial charge in [-0.15, -0.1) is 0 Å². The van der Waals surface area contributed by atoms with Crippen LogP contribution in [-0.4, -0.2) is 24.0 Å². The van der Waals surface area contributed by atoms with Crippen LogP contribution in [0, 0.1) is 0 Å². The molecule has 16 heavy (non-hydrogen) atoms. The van der Waals surface area contributed by atoms with E-state index in [1.165, 1.54) is 0 Å². The fourth-order valence-corrected chi connectivity index (χ4v) is 1.75. The van der Waals surface area contributed by atoms with Gasteiger partial charge in [0.05, 0.1) is 11.4 Å². The van der Waals surface area contributed by atoms with Gasteiger partial charge in [0.15, 0.2) is 0 Å². The average Bonchev–Trinajstić information content (AvgIpc) is 2.08. The summed E-state index contributed by atoms with van der Waals surface area (Å²) in [6.45, 7) is 1.15. The van der Waals surface area contributed by atoms with Gasteiger partial charge in [-0.3, -0.25) is 9.35 Å². The molecule has 7 nitrogen and oxygen atoms in total. The van der Waals surface area contributed by atoms with Gasteiger partial charge in [-0.1, -0.05) is 0 Å². The molecule has 0 spiro atoms. The van der Waals surface area contributed by atoms with Gasteiger partial charge >= 0.3 is 0 Å². The van der Waals surface area contributed by atoms with Gasteiger partial charge in [0, 0.05) is 13.0 Å². The summed E-state index contributed by atoms with van der Waals surface area (Å²) < 4.78 is 30.8. The summed E-state index contributed by atoms with van der Waals surface area (Å²) in [6.07, 6.45) is 0. The van der Waals surface area contributed by atoms with Gasteiger partial charge in [0.25, 0.3) is 10.1 Å². The van der Waals surface area contributed by atoms with Crippen molar-refractivity contribution in [2.45, 2.75) is 11.8 Å². The van der Waals surface area contributed by atoms with Crippen LogP contribution in [0.2, 0.25) is 0 Å². The largest absolute Gasteiger partial charge is 0.506 e. The van der Waals surface area contributed by atoms with Crippen LogP contribution in [0.15, 0.2) is 17.0 Å². The van der Waals surface area contributed by atoms with Crippen molar-refractivity contribution in [2.24, 2.45) is 0 Å². The molecule has 0 radical (unpaired) electrons. The molecule has 0 saturated heterocycles. The van der Waals surface area contributed by atoms with Gasteiger partial charge in [0.1, 0.15) is 10.6 Å². The Bertz CT molecular complexity index is 538. The summed E-state index contributed by atoms with van der Waals surface area (Å²) in [5, 5.41) is 11.4. The highest BCUT2D eigenvalue weighted by molar-refractivity contribution is 7.86. The lowest BCUT2D eigenvalue weighted by atomic mass is 10.2. The molecule has 5 N–H and O–H groups in total. The molecule has 88 valence electrons. The maximum Gasteiger partial charge on any atom is 0.296 e. The molecule has 1 amide bonds. The first-order valence-electron chi connectivity index (χ1n) is 4.09. The van der Waals surface area contributed by atoms with Crippen molar-refractivity contribution in [1.82, 2.24) is 0 Å². The lowest BCUT2D eigenvalue weighted by Crippen LogP contribution is -2.11. The Kier molecular flexibility index (Phi) is 3.06. The quantitative estimate of drug-likeness (QED) is 0.334. The maximum atomic E-state index is 11.0. The number of nitrogens with two attached hydrogens (primary N) is 1. The number of nitrogens with one attached hydrogen (secondary N) is 1. The third kappa shape index (κ3) is 2.61. The lowest BCUT2D eigenvalue weighted by Gasteiger charge is -2.09. The van der Waals surface area contributed by atoms with Gasteiger partial charge in [0.2, 0.25) is 5.91 Å². The molecule has 0 bridgehead atoms. The van der Waals surface area contributed by atoms with Crippen molar-refractivity contribution in [3.8, 4) is 5.75 Å². The Balaban J connectivity index is 3.45. The monoisotopic (exact) mass is 246 g/mol. The molecule has 0 unspecified atom stereocenters. The molecule has 1 rings (SSSR count). The second-order valence-corrected chi connectivity index (χ2v) is 4.45. The van der Waals surface area contributed by atoms with E-state index in [1.54, 1.807) is 0 Å². The second kappa shape index (κ2) is 3.99. The fourth-order valence-electron chi connectivity index (χ4n) is 1.08. The topological polar surface area (TPSA) is 130 Å². The van der Waals surface area contributed by atoms with E-state index in [0.717, 1.165) is 19.1 Å². The highest BCUT2D eigenvalue weighted by atomic mass is 32.2. The van der Waals surface area contributed by atoms with Crippen LogP contribution in [0.4, 0.5) is 11.4 Å². The predicted octanol–water partition coefficient (Wildman–Crippen LogP) is 0.179. The molecule has 0 aliphatic heterocycles. The SMILES string of the molecule is CC(=O)Nc1cc(O)c(N)cc1S(=O)(=O)O. The molecule has 8 heteroatoms. The number of nitrogen functional groups attached to an aromatic ring is 1. The summed E-state index contributed by atoms with van der Waals surface area (Å²) in [5.41, 5.74) is 4.82. The van der Waals surface area contributed by atoms with E-state index in [2.05, 4.69) is 5.32 Å². The van der Waals surface area contributed by atoms with Gasteiger partial charge in [-0.05, 0) is 6.07 Å². The Morgan fingerprint density at radius 2 is 2.00 bits per heavy atom. The van der Waals surface area contributed by atoms with E-state index in [9.17, 15) is 18.3 Å². The minimum atomic E-state index is -4.52. The number of phenolic OH excluding ortho intramolecular Hbond substituents is 1. The number of carbonyl (C=O) groups excluding carboxylic acids is 1. The van der Waals surface area contributed by atoms with Crippen molar-refractivity contribution in [3.05, 3.63) is 12.1 Å². The first-order chi connectivity index (χ1) is 7.21. The summed E-state index contributed by atoms with van der Waals surface area (Å²) in [4.78, 5) is 10.2. The van der Waals surface area contributed by atoms with Gasteiger partial charge in [-0.25, -0.2) is 0 Å². The van der Waals surface area contributed by atoms with Crippen LogP contribution in [-0.2, 0) is 14.9 Å². The van der Waals surface area contributed by atoms with Crippen LogP contribution in [0.3, 0.4) is 0 Å². The Morgan fingerprint density at radius 3 is 2.44 bits per heavy atom. The predicted molar refractivity (Wildman–Crippen MR) is 56.6 cm³/mol. The third-order valence-corrected chi connectivity index (χ3v) is 2.61. The fraction of sp³-hybridized carbons (Fsp3) is 0.125. The van der Waals surface area contributed by atoms with Crippen molar-refractivity contribution < 1.29 is 22.9 Å². The minimum Gasteiger partial charge on any atom is -0.506 e. The second-order valence-electron chi connectivity index (χ2n) is 3.06. The standard InChI is InChI=1S/C8H10N2O5S/c1-4(11)10-6-3-7(12)5(9)2-8(6)16(13,14)15/h2-3,12H,9H2,1H3,(H,10,11)(H,13,14,15). The summed E-state index contributed by atoms with van der Waals surface area (Å²) in [6, 6.07) is 1.80. The number of rotatable bonds is 2. The smallest absolute Gasteiger partial charge is 0.296 e. The van der Waals surface area contributed by atoms with Crippen LogP contribution >= 0.6 is 0 Å². The summed E-state index contributed by atoms with van der Waals surface area (Å²) in [7, 11) is -4.52. The van der Waals surface area contributed by atoms with Crippen LogP contribution in [0.1, 0.15) is 6.92 Å². The van der Waals surface area contributed by atoms with E-state index in [-0.39, 0.29) is 11.4 Å². The Morgan fingerprint density at radius 1 is 1.44 bits per heavy atom. The van der Waals surface area contributed by atoms with E-state index in [0.29, 0.717) is 0 Å². The van der Waals surface area contributed by atoms with Crippen LogP contribution < -0.4 is 11.1 Å². The van der Waals surface area contributed by atoms with Crippen molar-refractivity contribution in [1.29, 1.82) is 0 Å². The Hall–Kier alpha value is -1.80. The Labute approximate surface area is 91.6 Å². The minimum absolute atomic E-state index is 0.221. The summed E-state index contributed by atoms with van der Waals surface area (Å²) in [5.74, 6) is -0.940. The zero-order valence-corrected chi connectivity index (χ0v) is 9.08. The maximum absolute atomic E-state index is 11.0. The normalized spacial score (nSPS) is 11.1. The molecule has 1 aromatic rings. The van der Waals surface area contributed by atoms with E-state index < -0.39 is 26.7 Å². The zero-order valence-electron chi connectivity index (χ0n) is 8.26. The lowest BCUT2D eigenvalue weighted by molar-refractivity contribution is -0.114. The molecule has 0 aliphatic carbocycles. The number of aromatic hydroxyl groups is 1. The number of amides is 1. The van der Waals surface area contributed by atoms with Crippen molar-refractivity contribution >= 4 is 27.4 Å². The van der Waals surface area contributed by atoms with E-state index in [1.807, 2.05) is 0 Å². The van der Waals surface area contributed by atoms with Gasteiger partial charge < -0.3 is 16.2 Å². The molecule has 0 fully saturated rings. The molecule has 0 saturated carbocycles. The first kappa shape index (κ1) is 12.3. The van der Waals surface area contributed by atoms with Gasteiger partial charge in [-0.2, -0.15) is 8.42 Å². The van der Waals surface area contributed by atoms with Crippen LogP contribution in [0.5, 0.6) is 5.75 Å². The molecule has 0 aliphatic rings. The molecular weight excluding hydrogens is 236 g/mol. The molecule has 1 aromatic carbocycles.